The van der Waals surface area contributed by atoms with Crippen molar-refractivity contribution in [1.82, 2.24) is 5.43 Å². The van der Waals surface area contributed by atoms with E-state index in [4.69, 9.17) is 9.47 Å². The van der Waals surface area contributed by atoms with Gasteiger partial charge in [0, 0.05) is 5.56 Å². The lowest BCUT2D eigenvalue weighted by Crippen LogP contribution is -2.17. The Morgan fingerprint density at radius 3 is 2.46 bits per heavy atom. The summed E-state index contributed by atoms with van der Waals surface area (Å²) in [5.74, 6) is 0.629. The minimum Gasteiger partial charge on any atom is -0.507 e. The van der Waals surface area contributed by atoms with E-state index in [1.807, 2.05) is 24.3 Å². The fraction of sp³-hybridized carbons (Fsp3) is 0.100. The number of amides is 1. The number of carbonyl (C=O) groups is 1. The zero-order valence-corrected chi connectivity index (χ0v) is 14.4. The summed E-state index contributed by atoms with van der Waals surface area (Å²) in [6.45, 7) is 0. The van der Waals surface area contributed by atoms with Gasteiger partial charge in [0.1, 0.15) is 17.2 Å². The number of carbonyl (C=O) groups excluding carboxylic acids is 1. The molecule has 2 N–H and O–H groups in total. The lowest BCUT2D eigenvalue weighted by molar-refractivity contribution is 0.0952. The summed E-state index contributed by atoms with van der Waals surface area (Å²) in [6.07, 6.45) is 1.46. The molecule has 0 aliphatic rings. The number of benzene rings is 3. The molecule has 1 amide bonds. The molecule has 0 saturated heterocycles. The van der Waals surface area contributed by atoms with Crippen LogP contribution in [0.15, 0.2) is 59.7 Å². The second kappa shape index (κ2) is 7.57. The molecule has 0 aliphatic carbocycles. The van der Waals surface area contributed by atoms with Crippen molar-refractivity contribution in [3.05, 3.63) is 65.7 Å². The van der Waals surface area contributed by atoms with Crippen LogP contribution in [0.2, 0.25) is 0 Å². The summed E-state index contributed by atoms with van der Waals surface area (Å²) in [6, 6.07) is 15.9. The third-order valence-electron chi connectivity index (χ3n) is 3.92. The predicted molar refractivity (Wildman–Crippen MR) is 100 cm³/mol. The molecule has 6 nitrogen and oxygen atoms in total. The highest BCUT2D eigenvalue weighted by Crippen LogP contribution is 2.25. The standard InChI is InChI=1S/C20H18N2O4/c1-25-16-7-8-19(26-2)15(9-16)12-21-22-20(24)17-10-13-5-3-4-6-14(13)11-18(17)23/h3-12,23H,1-2H3,(H,22,24)/b21-12-. The van der Waals surface area contributed by atoms with Gasteiger partial charge >= 0.3 is 0 Å². The normalized spacial score (nSPS) is 10.8. The highest BCUT2D eigenvalue weighted by Gasteiger charge is 2.12. The van der Waals surface area contributed by atoms with Gasteiger partial charge in [0.25, 0.3) is 5.91 Å². The Labute approximate surface area is 150 Å². The molecule has 3 aromatic rings. The van der Waals surface area contributed by atoms with Crippen LogP contribution in [0.5, 0.6) is 17.2 Å². The predicted octanol–water partition coefficient (Wildman–Crippen LogP) is 3.33. The average molecular weight is 350 g/mol. The van der Waals surface area contributed by atoms with Crippen molar-refractivity contribution >= 4 is 22.9 Å². The highest BCUT2D eigenvalue weighted by atomic mass is 16.5. The number of nitrogens with one attached hydrogen (secondary N) is 1. The average Bonchev–Trinajstić information content (AvgIpc) is 2.67. The van der Waals surface area contributed by atoms with Crippen LogP contribution in [0.25, 0.3) is 10.8 Å². The van der Waals surface area contributed by atoms with Crippen molar-refractivity contribution in [2.75, 3.05) is 14.2 Å². The first-order chi connectivity index (χ1) is 12.6. The minimum absolute atomic E-state index is 0.102. The van der Waals surface area contributed by atoms with Gasteiger partial charge in [-0.15, -0.1) is 0 Å². The van der Waals surface area contributed by atoms with Gasteiger partial charge in [0.2, 0.25) is 0 Å². The van der Waals surface area contributed by atoms with Gasteiger partial charge in [0.15, 0.2) is 0 Å². The summed E-state index contributed by atoms with van der Waals surface area (Å²) in [5.41, 5.74) is 3.22. The first-order valence-electron chi connectivity index (χ1n) is 7.89. The smallest absolute Gasteiger partial charge is 0.275 e. The van der Waals surface area contributed by atoms with E-state index in [0.29, 0.717) is 17.1 Å². The molecule has 6 heteroatoms. The maximum atomic E-state index is 12.3. The molecule has 0 spiro atoms. The molecule has 0 atom stereocenters. The van der Waals surface area contributed by atoms with Crippen molar-refractivity contribution < 1.29 is 19.4 Å². The first-order valence-corrected chi connectivity index (χ1v) is 7.89. The van der Waals surface area contributed by atoms with Crippen LogP contribution in [-0.2, 0) is 0 Å². The van der Waals surface area contributed by atoms with E-state index in [2.05, 4.69) is 10.5 Å². The van der Waals surface area contributed by atoms with E-state index < -0.39 is 5.91 Å². The molecule has 0 heterocycles. The lowest BCUT2D eigenvalue weighted by Gasteiger charge is -2.07. The minimum atomic E-state index is -0.508. The Morgan fingerprint density at radius 1 is 1.04 bits per heavy atom. The van der Waals surface area contributed by atoms with Gasteiger partial charge < -0.3 is 14.6 Å². The SMILES string of the molecule is COc1ccc(OC)c(/C=N\NC(=O)c2cc3ccccc3cc2O)c1. The fourth-order valence-electron chi connectivity index (χ4n) is 2.57. The number of hydrazone groups is 1. The number of aromatic hydroxyl groups is 1. The Morgan fingerprint density at radius 2 is 1.77 bits per heavy atom. The fourth-order valence-corrected chi connectivity index (χ4v) is 2.57. The van der Waals surface area contributed by atoms with Gasteiger partial charge in [-0.05, 0) is 41.1 Å². The van der Waals surface area contributed by atoms with Crippen LogP contribution < -0.4 is 14.9 Å². The van der Waals surface area contributed by atoms with E-state index in [9.17, 15) is 9.90 Å². The van der Waals surface area contributed by atoms with Gasteiger partial charge in [-0.2, -0.15) is 5.10 Å². The van der Waals surface area contributed by atoms with Crippen molar-refractivity contribution in [3.8, 4) is 17.2 Å². The Bertz CT molecular complexity index is 983. The van der Waals surface area contributed by atoms with Crippen LogP contribution in [0.3, 0.4) is 0 Å². The van der Waals surface area contributed by atoms with Crippen LogP contribution in [0, 0.1) is 0 Å². The van der Waals surface area contributed by atoms with E-state index in [1.165, 1.54) is 6.21 Å². The van der Waals surface area contributed by atoms with Crippen molar-refractivity contribution in [3.63, 3.8) is 0 Å². The molecule has 0 fully saturated rings. The number of phenolic OH excluding ortho intramolecular Hbond substituents is 1. The quantitative estimate of drug-likeness (QED) is 0.546. The molecule has 0 aliphatic heterocycles. The molecular weight excluding hydrogens is 332 g/mol. The Kier molecular flexibility index (Phi) is 5.03. The Hall–Kier alpha value is -3.54. The van der Waals surface area contributed by atoms with Gasteiger partial charge in [-0.1, -0.05) is 24.3 Å². The molecule has 0 saturated carbocycles. The topological polar surface area (TPSA) is 80.2 Å². The lowest BCUT2D eigenvalue weighted by atomic mass is 10.1. The highest BCUT2D eigenvalue weighted by molar-refractivity contribution is 6.01. The van der Waals surface area contributed by atoms with E-state index in [0.717, 1.165) is 10.8 Å². The largest absolute Gasteiger partial charge is 0.507 e. The van der Waals surface area contributed by atoms with Crippen molar-refractivity contribution in [2.45, 2.75) is 0 Å². The molecule has 3 aromatic carbocycles. The summed E-state index contributed by atoms with van der Waals surface area (Å²) in [5, 5.41) is 15.8. The molecule has 26 heavy (non-hydrogen) atoms. The van der Waals surface area contributed by atoms with Crippen LogP contribution in [0.1, 0.15) is 15.9 Å². The Balaban J connectivity index is 1.81. The molecule has 0 radical (unpaired) electrons. The zero-order chi connectivity index (χ0) is 18.5. The number of hydrogen-bond acceptors (Lipinski definition) is 5. The van der Waals surface area contributed by atoms with E-state index in [-0.39, 0.29) is 11.3 Å². The summed E-state index contributed by atoms with van der Waals surface area (Å²) < 4.78 is 10.4. The molecule has 3 rings (SSSR count). The van der Waals surface area contributed by atoms with E-state index in [1.54, 1.807) is 44.6 Å². The van der Waals surface area contributed by atoms with Crippen LogP contribution in [-0.4, -0.2) is 31.4 Å². The summed E-state index contributed by atoms with van der Waals surface area (Å²) >= 11 is 0. The summed E-state index contributed by atoms with van der Waals surface area (Å²) in [4.78, 5) is 12.3. The number of hydrogen-bond donors (Lipinski definition) is 2. The van der Waals surface area contributed by atoms with Crippen molar-refractivity contribution in [1.29, 1.82) is 0 Å². The third kappa shape index (κ3) is 3.59. The first kappa shape index (κ1) is 17.3. The molecule has 0 unspecified atom stereocenters. The second-order valence-electron chi connectivity index (χ2n) is 5.52. The molecular formula is C20H18N2O4. The molecule has 132 valence electrons. The van der Waals surface area contributed by atoms with Gasteiger partial charge in [-0.3, -0.25) is 4.79 Å². The monoisotopic (exact) mass is 350 g/mol. The number of nitrogens with zero attached hydrogens (tertiary/aromatic N) is 1. The third-order valence-corrected chi connectivity index (χ3v) is 3.92. The number of phenols is 1. The van der Waals surface area contributed by atoms with Crippen LogP contribution in [0.4, 0.5) is 0 Å². The maximum absolute atomic E-state index is 12.3. The van der Waals surface area contributed by atoms with Gasteiger partial charge in [-0.25, -0.2) is 5.43 Å². The van der Waals surface area contributed by atoms with Gasteiger partial charge in [0.05, 0.1) is 26.0 Å². The number of ether oxygens (including phenoxy) is 2. The van der Waals surface area contributed by atoms with Crippen molar-refractivity contribution in [2.24, 2.45) is 5.10 Å². The van der Waals surface area contributed by atoms with E-state index >= 15 is 0 Å². The molecule has 0 bridgehead atoms. The summed E-state index contributed by atoms with van der Waals surface area (Å²) in [7, 11) is 3.11. The number of fused-ring (bicyclic) bond motifs is 1. The number of rotatable bonds is 5. The van der Waals surface area contributed by atoms with Crippen LogP contribution >= 0.6 is 0 Å². The molecule has 0 aromatic heterocycles. The second-order valence-corrected chi connectivity index (χ2v) is 5.52. The zero-order valence-electron chi connectivity index (χ0n) is 14.4. The maximum Gasteiger partial charge on any atom is 0.275 e. The number of methoxy groups -OCH3 is 2.